The molecule has 1 heterocycles. The molecule has 1 unspecified atom stereocenters. The molecule has 6 bridgehead atoms. The summed E-state index contributed by atoms with van der Waals surface area (Å²) in [7, 11) is 0. The first-order chi connectivity index (χ1) is 36.6. The van der Waals surface area contributed by atoms with Gasteiger partial charge in [-0.3, -0.25) is 0 Å². The van der Waals surface area contributed by atoms with Gasteiger partial charge in [0, 0.05) is 39.4 Å². The highest BCUT2D eigenvalue weighted by molar-refractivity contribution is 6.29. The van der Waals surface area contributed by atoms with Gasteiger partial charge in [0.15, 0.2) is 0 Å². The third-order valence-corrected chi connectivity index (χ3v) is 16.3. The maximum Gasteiger partial charge on any atom is 0.0543 e. The fourth-order valence-electron chi connectivity index (χ4n) is 12.2. The van der Waals surface area contributed by atoms with Crippen LogP contribution in [0.5, 0.6) is 0 Å². The van der Waals surface area contributed by atoms with E-state index in [1.807, 2.05) is 0 Å². The van der Waals surface area contributed by atoms with Crippen LogP contribution in [0, 0.1) is 27.7 Å². The fourth-order valence-corrected chi connectivity index (χ4v) is 12.2. The minimum Gasteiger partial charge on any atom is -0.309 e. The van der Waals surface area contributed by atoms with E-state index in [4.69, 9.17) is 0 Å². The van der Waals surface area contributed by atoms with Gasteiger partial charge in [-0.05, 0) is 175 Å². The summed E-state index contributed by atoms with van der Waals surface area (Å²) in [6.07, 6.45) is 0. The van der Waals surface area contributed by atoms with Gasteiger partial charge in [-0.1, -0.05) is 209 Å². The van der Waals surface area contributed by atoms with Crippen molar-refractivity contribution in [3.05, 3.63) is 263 Å². The van der Waals surface area contributed by atoms with Crippen LogP contribution in [0.25, 0.3) is 76.8 Å². The molecule has 12 aromatic carbocycles. The number of anilines is 6. The third-order valence-electron chi connectivity index (χ3n) is 16.3. The highest BCUT2D eigenvalue weighted by Crippen LogP contribution is 2.54. The van der Waals surface area contributed by atoms with Crippen LogP contribution in [0.4, 0.5) is 34.1 Å². The van der Waals surface area contributed by atoms with Crippen LogP contribution in [0.2, 0.25) is 0 Å². The van der Waals surface area contributed by atoms with E-state index >= 15 is 0 Å². The Bertz CT molecular complexity index is 4060. The van der Waals surface area contributed by atoms with Crippen LogP contribution >= 0.6 is 0 Å². The molecule has 0 N–H and O–H groups in total. The predicted octanol–water partition coefficient (Wildman–Crippen LogP) is 21.0. The van der Waals surface area contributed by atoms with Crippen LogP contribution in [0.15, 0.2) is 224 Å². The van der Waals surface area contributed by atoms with Gasteiger partial charge in [0.2, 0.25) is 0 Å². The molecule has 1 aliphatic heterocycles. The van der Waals surface area contributed by atoms with E-state index in [1.165, 1.54) is 139 Å². The maximum atomic E-state index is 2.61. The summed E-state index contributed by atoms with van der Waals surface area (Å²) in [5, 5.41) is 7.69. The van der Waals surface area contributed by atoms with E-state index < -0.39 is 0 Å². The summed E-state index contributed by atoms with van der Waals surface area (Å²) in [4.78, 5) is 5.20. The van der Waals surface area contributed by atoms with Gasteiger partial charge < -0.3 is 9.80 Å². The zero-order valence-corrected chi connectivity index (χ0v) is 43.9. The van der Waals surface area contributed by atoms with Crippen molar-refractivity contribution in [1.29, 1.82) is 0 Å². The van der Waals surface area contributed by atoms with Crippen LogP contribution in [-0.2, 0) is 0 Å². The molecule has 75 heavy (non-hydrogen) atoms. The molecule has 12 aromatic rings. The number of hydrogen-bond acceptors (Lipinski definition) is 2. The quantitative estimate of drug-likeness (QED) is 0.140. The lowest BCUT2D eigenvalue weighted by atomic mass is 9.81. The molecular formula is C73H60N2. The molecule has 0 amide bonds. The van der Waals surface area contributed by atoms with E-state index in [-0.39, 0.29) is 11.8 Å². The Kier molecular flexibility index (Phi) is 11.3. The zero-order chi connectivity index (χ0) is 51.1. The van der Waals surface area contributed by atoms with Crippen molar-refractivity contribution >= 4 is 66.4 Å². The van der Waals surface area contributed by atoms with Gasteiger partial charge in [0.1, 0.15) is 0 Å². The Morgan fingerprint density at radius 3 is 1.33 bits per heavy atom. The van der Waals surface area contributed by atoms with Gasteiger partial charge >= 0.3 is 0 Å². The van der Waals surface area contributed by atoms with Crippen molar-refractivity contribution in [3.8, 4) is 44.5 Å². The topological polar surface area (TPSA) is 6.48 Å². The summed E-state index contributed by atoms with van der Waals surface area (Å²) < 4.78 is 0. The van der Waals surface area contributed by atoms with Gasteiger partial charge in [0.25, 0.3) is 0 Å². The fraction of sp³-hybridized carbons (Fsp3) is 0.123. The summed E-state index contributed by atoms with van der Waals surface area (Å²) in [5.74, 6) is 0.305. The van der Waals surface area contributed by atoms with Gasteiger partial charge in [-0.2, -0.15) is 0 Å². The molecule has 0 aromatic heterocycles. The first kappa shape index (κ1) is 46.1. The highest BCUT2D eigenvalue weighted by atomic mass is 15.2. The van der Waals surface area contributed by atoms with Crippen LogP contribution < -0.4 is 9.80 Å². The number of rotatable bonds is 8. The lowest BCUT2D eigenvalue weighted by Gasteiger charge is -2.34. The smallest absolute Gasteiger partial charge is 0.0543 e. The SMILES string of the molecule is Cc1ccc(-c2ccccc2)cc1N1c2cc(ccc2C)-c2cccc(c2)C(C)c2cc(N(c3cc(-c4ccccc4)ccc3C)c3cc(-c4ccccc4)ccc3C)c3ccc4c(C(C)C)cc1c1ccc2c3c41. The Hall–Kier alpha value is -8.72. The number of aryl methyl sites for hydroxylation is 4. The summed E-state index contributed by atoms with van der Waals surface area (Å²) in [6, 6.07) is 84.8. The summed E-state index contributed by atoms with van der Waals surface area (Å²) in [6.45, 7) is 16.3. The van der Waals surface area contributed by atoms with Crippen LogP contribution in [-0.4, -0.2) is 0 Å². The monoisotopic (exact) mass is 964 g/mol. The lowest BCUT2D eigenvalue weighted by Crippen LogP contribution is -2.16. The molecule has 0 saturated carbocycles. The predicted molar refractivity (Wildman–Crippen MR) is 322 cm³/mol. The average Bonchev–Trinajstić information content (AvgIpc) is 3.46. The lowest BCUT2D eigenvalue weighted by molar-refractivity contribution is 0.876. The minimum absolute atomic E-state index is 0.0559. The van der Waals surface area contributed by atoms with Gasteiger partial charge in [-0.15, -0.1) is 0 Å². The largest absolute Gasteiger partial charge is 0.309 e. The van der Waals surface area contributed by atoms with Crippen molar-refractivity contribution < 1.29 is 0 Å². The zero-order valence-electron chi connectivity index (χ0n) is 43.9. The molecule has 1 atom stereocenters. The van der Waals surface area contributed by atoms with E-state index in [0.29, 0.717) is 0 Å². The first-order valence-corrected chi connectivity index (χ1v) is 26.7. The third kappa shape index (κ3) is 7.78. The highest BCUT2D eigenvalue weighted by Gasteiger charge is 2.30. The summed E-state index contributed by atoms with van der Waals surface area (Å²) >= 11 is 0. The molecule has 2 heteroatoms. The van der Waals surface area contributed by atoms with E-state index in [9.17, 15) is 0 Å². The Morgan fingerprint density at radius 1 is 0.347 bits per heavy atom. The molecule has 13 rings (SSSR count). The van der Waals surface area contributed by atoms with Gasteiger partial charge in [-0.25, -0.2) is 0 Å². The van der Waals surface area contributed by atoms with Crippen LogP contribution in [0.3, 0.4) is 0 Å². The molecular weight excluding hydrogens is 905 g/mol. The first-order valence-electron chi connectivity index (χ1n) is 26.7. The second kappa shape index (κ2) is 18.3. The summed E-state index contributed by atoms with van der Waals surface area (Å²) in [5.41, 5.74) is 25.4. The van der Waals surface area contributed by atoms with E-state index in [1.54, 1.807) is 0 Å². The molecule has 2 nitrogen and oxygen atoms in total. The number of hydrogen-bond donors (Lipinski definition) is 0. The number of fused-ring (bicyclic) bond motifs is 6. The number of benzene rings is 12. The molecule has 1 aliphatic rings. The molecule has 0 spiro atoms. The Balaban J connectivity index is 1.19. The van der Waals surface area contributed by atoms with Crippen molar-refractivity contribution in [3.63, 3.8) is 0 Å². The molecule has 0 saturated heterocycles. The second-order valence-corrected chi connectivity index (χ2v) is 21.3. The van der Waals surface area contributed by atoms with E-state index in [0.717, 1.165) is 11.4 Å². The maximum absolute atomic E-state index is 2.61. The normalized spacial score (nSPS) is 13.2. The van der Waals surface area contributed by atoms with Crippen molar-refractivity contribution in [1.82, 2.24) is 0 Å². The molecule has 0 radical (unpaired) electrons. The second-order valence-electron chi connectivity index (χ2n) is 21.3. The Labute approximate surface area is 442 Å². The van der Waals surface area contributed by atoms with E-state index in [2.05, 4.69) is 283 Å². The standard InChI is InChI=1S/C73H60N2/c1-45(2)64-43-70-62-37-35-61-65(50(7)54-24-17-25-55(38-54)59-33-29-49(6)69(42-59)74(70)66-39-56(30-26-46(66)3)51-18-11-8-12-19-51)44-71(63-36-34-60(64)72(62)73(61)63)75(67-40-57(31-27-47(67)4)52-20-13-9-14-21-52)68-41-58(32-28-48(68)5)53-22-15-10-16-23-53/h8-45,50H,1-7H3. The average molecular weight is 965 g/mol. The van der Waals surface area contributed by atoms with Crippen LogP contribution in [0.1, 0.15) is 71.6 Å². The van der Waals surface area contributed by atoms with Crippen molar-refractivity contribution in [2.45, 2.75) is 60.3 Å². The molecule has 0 fully saturated rings. The molecule has 0 aliphatic carbocycles. The molecule has 362 valence electrons. The van der Waals surface area contributed by atoms with Crippen molar-refractivity contribution in [2.75, 3.05) is 9.80 Å². The number of nitrogens with zero attached hydrogens (tertiary/aromatic N) is 2. The van der Waals surface area contributed by atoms with Crippen molar-refractivity contribution in [2.24, 2.45) is 0 Å². The Morgan fingerprint density at radius 2 is 0.787 bits per heavy atom. The van der Waals surface area contributed by atoms with Gasteiger partial charge in [0.05, 0.1) is 11.4 Å². The minimum atomic E-state index is 0.0559.